The Labute approximate surface area is 218 Å². The topological polar surface area (TPSA) is 0 Å². The molecule has 0 radical (unpaired) electrons. The summed E-state index contributed by atoms with van der Waals surface area (Å²) in [5.41, 5.74) is 5.74. The quantitative estimate of drug-likeness (QED) is 0.168. The van der Waals surface area contributed by atoms with Gasteiger partial charge in [0.05, 0.1) is 0 Å². The third kappa shape index (κ3) is 6.79. The summed E-state index contributed by atoms with van der Waals surface area (Å²) in [5, 5.41) is 3.16. The molecule has 0 bridgehead atoms. The first-order valence-corrected chi connectivity index (χ1v) is 16.0. The molecule has 0 aromatic heterocycles. The van der Waals surface area contributed by atoms with Crippen LogP contribution in [0.2, 0.25) is 0 Å². The maximum atomic E-state index is 2.43. The van der Waals surface area contributed by atoms with Gasteiger partial charge in [-0.05, 0) is 57.5 Å². The van der Waals surface area contributed by atoms with Gasteiger partial charge >= 0.3 is 0 Å². The van der Waals surface area contributed by atoms with Crippen molar-refractivity contribution in [3.05, 3.63) is 168 Å². The second-order valence-corrected chi connectivity index (χ2v) is 13.5. The molecular formula is C34H32P2. The second-order valence-electron chi connectivity index (χ2n) is 9.14. The fourth-order valence-corrected chi connectivity index (χ4v) is 10.4. The predicted molar refractivity (Wildman–Crippen MR) is 160 cm³/mol. The van der Waals surface area contributed by atoms with E-state index < -0.39 is 15.8 Å². The largest absolute Gasteiger partial charge is 0.0657 e. The van der Waals surface area contributed by atoms with Crippen molar-refractivity contribution in [3.8, 4) is 0 Å². The fourth-order valence-electron chi connectivity index (χ4n) is 4.67. The van der Waals surface area contributed by atoms with Crippen LogP contribution >= 0.6 is 15.8 Å². The van der Waals surface area contributed by atoms with Gasteiger partial charge in [0, 0.05) is 0 Å². The maximum Gasteiger partial charge on any atom is -0.00296 e. The van der Waals surface area contributed by atoms with Crippen molar-refractivity contribution in [2.75, 3.05) is 0 Å². The minimum Gasteiger partial charge on any atom is -0.0657 e. The van der Waals surface area contributed by atoms with Gasteiger partial charge in [0.2, 0.25) is 0 Å². The van der Waals surface area contributed by atoms with E-state index in [-0.39, 0.29) is 0 Å². The molecule has 0 spiro atoms. The summed E-state index contributed by atoms with van der Waals surface area (Å²) in [6.07, 6.45) is 4.45. The molecule has 0 N–H and O–H groups in total. The van der Waals surface area contributed by atoms with Gasteiger partial charge in [-0.15, -0.1) is 0 Å². The average Bonchev–Trinajstić information content (AvgIpc) is 2.95. The molecule has 5 aromatic carbocycles. The van der Waals surface area contributed by atoms with Crippen LogP contribution < -0.4 is 10.6 Å². The van der Waals surface area contributed by atoms with Crippen LogP contribution in [0.25, 0.3) is 0 Å². The van der Waals surface area contributed by atoms with Gasteiger partial charge in [0.1, 0.15) is 0 Å². The van der Waals surface area contributed by atoms with Crippen molar-refractivity contribution in [1.82, 2.24) is 0 Å². The molecule has 2 heteroatoms. The summed E-state index contributed by atoms with van der Waals surface area (Å²) in [7, 11) is -0.789. The highest BCUT2D eigenvalue weighted by atomic mass is 31.1. The third-order valence-electron chi connectivity index (χ3n) is 6.43. The summed E-state index contributed by atoms with van der Waals surface area (Å²) in [5.74, 6) is 0. The zero-order valence-corrected chi connectivity index (χ0v) is 22.4. The molecule has 5 aromatic rings. The van der Waals surface area contributed by atoms with E-state index in [2.05, 4.69) is 146 Å². The molecule has 5 rings (SSSR count). The molecule has 0 fully saturated rings. The molecule has 0 amide bonds. The highest BCUT2D eigenvalue weighted by Gasteiger charge is 2.22. The Hall–Kier alpha value is -3.04. The lowest BCUT2D eigenvalue weighted by Gasteiger charge is -2.27. The molecule has 0 aliphatic heterocycles. The SMILES string of the molecule is c1ccc(CP(Cc2ccccc2)c2ccccc2P(Cc2ccccc2)Cc2ccccc2)cc1. The molecule has 0 saturated heterocycles. The normalized spacial score (nSPS) is 11.2. The van der Waals surface area contributed by atoms with Crippen molar-refractivity contribution >= 4 is 26.5 Å². The molecule has 178 valence electrons. The fraction of sp³-hybridized carbons (Fsp3) is 0.118. The van der Waals surface area contributed by atoms with Crippen LogP contribution in [0, 0.1) is 0 Å². The molecule has 0 saturated carbocycles. The van der Waals surface area contributed by atoms with E-state index in [0.29, 0.717) is 0 Å². The molecule has 0 atom stereocenters. The minimum absolute atomic E-state index is 0.395. The first kappa shape index (κ1) is 24.6. The van der Waals surface area contributed by atoms with Crippen molar-refractivity contribution in [3.63, 3.8) is 0 Å². The number of hydrogen-bond acceptors (Lipinski definition) is 0. The smallest absolute Gasteiger partial charge is 0.00296 e. The Balaban J connectivity index is 1.54. The van der Waals surface area contributed by atoms with Crippen LogP contribution in [-0.2, 0) is 24.6 Å². The number of benzene rings is 5. The lowest BCUT2D eigenvalue weighted by atomic mass is 10.2. The van der Waals surface area contributed by atoms with Crippen LogP contribution in [0.3, 0.4) is 0 Å². The predicted octanol–water partition coefficient (Wildman–Crippen LogP) is 8.70. The molecular weight excluding hydrogens is 470 g/mol. The average molecular weight is 503 g/mol. The van der Waals surface area contributed by atoms with Gasteiger partial charge in [0.15, 0.2) is 0 Å². The first-order chi connectivity index (χ1) is 17.8. The Morgan fingerprint density at radius 3 is 0.750 bits per heavy atom. The summed E-state index contributed by atoms with van der Waals surface area (Å²) >= 11 is 0. The molecule has 0 aliphatic rings. The Morgan fingerprint density at radius 1 is 0.278 bits per heavy atom. The summed E-state index contributed by atoms with van der Waals surface area (Å²) in [4.78, 5) is 0. The third-order valence-corrected chi connectivity index (χ3v) is 11.7. The second kappa shape index (κ2) is 12.8. The van der Waals surface area contributed by atoms with E-state index in [4.69, 9.17) is 0 Å². The van der Waals surface area contributed by atoms with E-state index in [1.165, 1.54) is 22.3 Å². The zero-order chi connectivity index (χ0) is 24.4. The molecule has 0 aliphatic carbocycles. The molecule has 36 heavy (non-hydrogen) atoms. The van der Waals surface area contributed by atoms with Crippen LogP contribution in [0.5, 0.6) is 0 Å². The highest BCUT2D eigenvalue weighted by Crippen LogP contribution is 2.48. The summed E-state index contributed by atoms with van der Waals surface area (Å²) in [6.45, 7) is 0. The summed E-state index contributed by atoms with van der Waals surface area (Å²) in [6, 6.07) is 53.6. The standard InChI is InChI=1S/C34H32P2/c1-5-15-29(16-6-1)25-35(26-30-17-7-2-8-18-30)33-23-13-14-24-34(33)36(27-31-19-9-3-10-20-31)28-32-21-11-4-12-22-32/h1-24H,25-28H2. The van der Waals surface area contributed by atoms with Crippen molar-refractivity contribution in [1.29, 1.82) is 0 Å². The van der Waals surface area contributed by atoms with Gasteiger partial charge in [-0.3, -0.25) is 0 Å². The van der Waals surface area contributed by atoms with Gasteiger partial charge in [-0.25, -0.2) is 0 Å². The molecule has 0 heterocycles. The van der Waals surface area contributed by atoms with Gasteiger partial charge in [-0.2, -0.15) is 0 Å². The van der Waals surface area contributed by atoms with E-state index in [1.54, 1.807) is 10.6 Å². The van der Waals surface area contributed by atoms with E-state index in [0.717, 1.165) is 24.6 Å². The lowest BCUT2D eigenvalue weighted by Crippen LogP contribution is -2.24. The van der Waals surface area contributed by atoms with Gasteiger partial charge in [0.25, 0.3) is 0 Å². The van der Waals surface area contributed by atoms with Crippen LogP contribution in [0.1, 0.15) is 22.3 Å². The Morgan fingerprint density at radius 2 is 0.500 bits per heavy atom. The minimum atomic E-state index is -0.395. The van der Waals surface area contributed by atoms with E-state index in [1.807, 2.05) is 0 Å². The highest BCUT2D eigenvalue weighted by molar-refractivity contribution is 7.70. The van der Waals surface area contributed by atoms with Crippen molar-refractivity contribution in [2.24, 2.45) is 0 Å². The molecule has 0 unspecified atom stereocenters. The monoisotopic (exact) mass is 502 g/mol. The number of hydrogen-bond donors (Lipinski definition) is 0. The Kier molecular flexibility index (Phi) is 8.75. The lowest BCUT2D eigenvalue weighted by molar-refractivity contribution is 1.32. The first-order valence-electron chi connectivity index (χ1n) is 12.6. The van der Waals surface area contributed by atoms with Crippen LogP contribution in [0.15, 0.2) is 146 Å². The van der Waals surface area contributed by atoms with E-state index in [9.17, 15) is 0 Å². The van der Waals surface area contributed by atoms with Gasteiger partial charge < -0.3 is 0 Å². The van der Waals surface area contributed by atoms with Crippen molar-refractivity contribution in [2.45, 2.75) is 24.6 Å². The van der Waals surface area contributed by atoms with E-state index >= 15 is 0 Å². The number of rotatable bonds is 10. The molecule has 0 nitrogen and oxygen atoms in total. The van der Waals surface area contributed by atoms with Crippen molar-refractivity contribution < 1.29 is 0 Å². The van der Waals surface area contributed by atoms with Gasteiger partial charge in [-0.1, -0.05) is 161 Å². The maximum absolute atomic E-state index is 2.43. The zero-order valence-electron chi connectivity index (χ0n) is 20.6. The van der Waals surface area contributed by atoms with Crippen LogP contribution in [-0.4, -0.2) is 0 Å². The Bertz CT molecular complexity index is 1130. The summed E-state index contributed by atoms with van der Waals surface area (Å²) < 4.78 is 0. The van der Waals surface area contributed by atoms with Crippen LogP contribution in [0.4, 0.5) is 0 Å².